The molecule has 0 atom stereocenters. The number of carbonyl (C=O) groups is 6. The monoisotopic (exact) mass is 1110 g/mol. The fourth-order valence-electron chi connectivity index (χ4n) is 7.08. The quantitative estimate of drug-likeness (QED) is 0.0539. The molecule has 6 rings (SSSR count). The molecule has 426 valence electrons. The number of methoxy groups -OCH3 is 2. The Hall–Kier alpha value is -9.00. The largest absolute Gasteiger partial charge is 0.534 e. The van der Waals surface area contributed by atoms with E-state index in [0.717, 1.165) is 16.2 Å². The predicted octanol–water partition coefficient (Wildman–Crippen LogP) is 11.6. The van der Waals surface area contributed by atoms with Crippen molar-refractivity contribution in [2.45, 2.75) is 119 Å². The highest BCUT2D eigenvalue weighted by molar-refractivity contribution is 6.00. The Morgan fingerprint density at radius 2 is 0.975 bits per heavy atom. The van der Waals surface area contributed by atoms with Crippen LogP contribution in [0, 0.1) is 23.5 Å². The van der Waals surface area contributed by atoms with Crippen LogP contribution in [0.5, 0.6) is 0 Å². The molecule has 80 heavy (non-hydrogen) atoms. The Morgan fingerprint density at radius 1 is 0.562 bits per heavy atom. The number of carbonyl (C=O) groups excluding carboxylic acids is 6. The summed E-state index contributed by atoms with van der Waals surface area (Å²) in [6, 6.07) is 15.8. The van der Waals surface area contributed by atoms with Crippen LogP contribution in [0.15, 0.2) is 91.5 Å². The number of benzene rings is 2. The average Bonchev–Trinajstić information content (AvgIpc) is 3.96. The zero-order valence-electron chi connectivity index (χ0n) is 47.2. The molecule has 20 nitrogen and oxygen atoms in total. The third kappa shape index (κ3) is 18.6. The van der Waals surface area contributed by atoms with Gasteiger partial charge in [0.2, 0.25) is 0 Å². The molecule has 0 radical (unpaired) electrons. The maximum atomic E-state index is 13.3. The van der Waals surface area contributed by atoms with Crippen molar-refractivity contribution in [3.63, 3.8) is 0 Å². The molecule has 0 N–H and O–H groups in total. The van der Waals surface area contributed by atoms with E-state index in [2.05, 4.69) is 21.8 Å². The van der Waals surface area contributed by atoms with E-state index in [1.54, 1.807) is 132 Å². The fraction of sp³-hybridized carbons (Fsp3) is 0.379. The first-order chi connectivity index (χ1) is 37.3. The Kier molecular flexibility index (Phi) is 20.2. The number of amides is 2. The van der Waals surface area contributed by atoms with Crippen LogP contribution in [0.3, 0.4) is 0 Å². The van der Waals surface area contributed by atoms with Gasteiger partial charge in [0, 0.05) is 41.8 Å². The van der Waals surface area contributed by atoms with E-state index in [1.165, 1.54) is 50.8 Å². The smallest absolute Gasteiger partial charge is 0.464 e. The van der Waals surface area contributed by atoms with E-state index < -0.39 is 65.4 Å². The van der Waals surface area contributed by atoms with Crippen molar-refractivity contribution in [2.75, 3.05) is 27.3 Å². The van der Waals surface area contributed by atoms with Crippen LogP contribution in [-0.2, 0) is 51.2 Å². The molecular weight excluding hydrogens is 1040 g/mol. The summed E-state index contributed by atoms with van der Waals surface area (Å²) < 4.78 is 61.2. The summed E-state index contributed by atoms with van der Waals surface area (Å²) in [5.41, 5.74) is 0.397. The van der Waals surface area contributed by atoms with Crippen LogP contribution in [0.1, 0.15) is 126 Å². The van der Waals surface area contributed by atoms with Gasteiger partial charge in [-0.15, -0.1) is 10.1 Å². The number of hydrogen-bond acceptors (Lipinski definition) is 16. The van der Waals surface area contributed by atoms with Crippen molar-refractivity contribution in [2.24, 2.45) is 0 Å². The third-order valence-electron chi connectivity index (χ3n) is 10.3. The van der Waals surface area contributed by atoms with Gasteiger partial charge in [0.1, 0.15) is 40.6 Å². The zero-order chi connectivity index (χ0) is 59.3. The summed E-state index contributed by atoms with van der Waals surface area (Å²) in [4.78, 5) is 93.9. The Balaban J connectivity index is 0.000000294. The molecule has 0 spiro atoms. The molecule has 0 bridgehead atoms. The van der Waals surface area contributed by atoms with E-state index in [-0.39, 0.29) is 35.1 Å². The Morgan fingerprint density at radius 3 is 1.44 bits per heavy atom. The molecule has 4 heterocycles. The van der Waals surface area contributed by atoms with Crippen molar-refractivity contribution < 1.29 is 75.6 Å². The van der Waals surface area contributed by atoms with Crippen molar-refractivity contribution in [1.29, 1.82) is 0 Å². The molecule has 2 amide bonds. The molecule has 22 heteroatoms. The van der Waals surface area contributed by atoms with Gasteiger partial charge in [-0.05, 0) is 131 Å². The summed E-state index contributed by atoms with van der Waals surface area (Å²) in [5, 5.41) is 2.64. The lowest BCUT2D eigenvalue weighted by Gasteiger charge is -2.26. The molecule has 4 aromatic heterocycles. The molecule has 0 aliphatic heterocycles. The first-order valence-corrected chi connectivity index (χ1v) is 24.9. The van der Waals surface area contributed by atoms with Crippen molar-refractivity contribution >= 4 is 64.3 Å². The summed E-state index contributed by atoms with van der Waals surface area (Å²) in [6.45, 7) is 20.2. The van der Waals surface area contributed by atoms with Crippen LogP contribution >= 0.6 is 0 Å². The Bertz CT molecular complexity index is 3290. The second-order valence-corrected chi connectivity index (χ2v) is 21.6. The molecule has 0 saturated heterocycles. The number of fused-ring (bicyclic) bond motifs is 2. The van der Waals surface area contributed by atoms with Crippen LogP contribution in [0.25, 0.3) is 27.9 Å². The van der Waals surface area contributed by atoms with E-state index in [9.17, 15) is 37.5 Å². The standard InChI is InChI=1S/C29H34FN3O7.C29H32FN3O7/c2*1-28(2,3)38-26(35)33(40-27(36)39-29(4,5)6)15-8-9-22-21-14-16-32(18-19-10-12-20(30)13-11-19)23(21)17-31-24(22)25(34)37-7/h8-14,16-17H,15,18H2,1-7H3;10-14,16-17H,15,18H2,1-7H3/b9-8-;. The van der Waals surface area contributed by atoms with Gasteiger partial charge in [-0.25, -0.2) is 47.5 Å². The number of halogens is 2. The number of rotatable bonds is 10. The Labute approximate surface area is 462 Å². The normalized spacial score (nSPS) is 11.6. The zero-order valence-corrected chi connectivity index (χ0v) is 47.2. The maximum absolute atomic E-state index is 13.3. The first-order valence-electron chi connectivity index (χ1n) is 24.9. The number of hydrogen-bond donors (Lipinski definition) is 0. The molecular formula is C58H66F2N6O14. The molecule has 2 aromatic carbocycles. The highest BCUT2D eigenvalue weighted by atomic mass is 19.1. The number of aromatic nitrogens is 4. The second kappa shape index (κ2) is 26.1. The minimum atomic E-state index is -1.11. The van der Waals surface area contributed by atoms with E-state index >= 15 is 0 Å². The molecule has 0 unspecified atom stereocenters. The van der Waals surface area contributed by atoms with Crippen molar-refractivity contribution in [3.8, 4) is 11.8 Å². The minimum absolute atomic E-state index is 0.0288. The van der Waals surface area contributed by atoms with E-state index in [1.807, 2.05) is 21.4 Å². The van der Waals surface area contributed by atoms with Gasteiger partial charge in [-0.1, -0.05) is 48.3 Å². The third-order valence-corrected chi connectivity index (χ3v) is 10.3. The number of ether oxygens (including phenoxy) is 6. The van der Waals surface area contributed by atoms with Gasteiger partial charge in [0.25, 0.3) is 0 Å². The van der Waals surface area contributed by atoms with E-state index in [0.29, 0.717) is 45.5 Å². The highest BCUT2D eigenvalue weighted by Gasteiger charge is 2.30. The SMILES string of the molecule is COC(=O)c1ncc2c(ccn2Cc2ccc(F)cc2)c1/C=C\CN(OC(=O)OC(C)(C)C)C(=O)OC(C)(C)C.COC(=O)c1ncc2c(ccn2Cc2ccc(F)cc2)c1C#CCN(OC(=O)OC(C)(C)C)C(=O)OC(C)(C)C. The lowest BCUT2D eigenvalue weighted by atomic mass is 10.1. The lowest BCUT2D eigenvalue weighted by molar-refractivity contribution is -0.130. The predicted molar refractivity (Wildman–Crippen MR) is 290 cm³/mol. The van der Waals surface area contributed by atoms with Gasteiger partial charge < -0.3 is 37.6 Å². The van der Waals surface area contributed by atoms with Gasteiger partial charge >= 0.3 is 36.4 Å². The molecule has 0 saturated carbocycles. The van der Waals surface area contributed by atoms with Gasteiger partial charge in [0.05, 0.1) is 49.8 Å². The lowest BCUT2D eigenvalue weighted by Crippen LogP contribution is -2.40. The number of pyridine rings is 2. The molecule has 0 fully saturated rings. The maximum Gasteiger partial charge on any atom is 0.534 e. The van der Waals surface area contributed by atoms with Crippen molar-refractivity contribution in [1.82, 2.24) is 29.2 Å². The molecule has 6 aromatic rings. The van der Waals surface area contributed by atoms with Crippen LogP contribution in [-0.4, -0.2) is 115 Å². The first kappa shape index (κ1) is 61.8. The average molecular weight is 1110 g/mol. The van der Waals surface area contributed by atoms with Gasteiger partial charge in [0.15, 0.2) is 11.4 Å². The van der Waals surface area contributed by atoms with Crippen LogP contribution in [0.2, 0.25) is 0 Å². The highest BCUT2D eigenvalue weighted by Crippen LogP contribution is 2.27. The summed E-state index contributed by atoms with van der Waals surface area (Å²) in [6.07, 6.45) is 5.75. The topological polar surface area (TPSA) is 218 Å². The van der Waals surface area contributed by atoms with Gasteiger partial charge in [-0.2, -0.15) is 0 Å². The van der Waals surface area contributed by atoms with Gasteiger partial charge in [-0.3, -0.25) is 9.68 Å². The number of hydroxylamine groups is 4. The van der Waals surface area contributed by atoms with Crippen molar-refractivity contribution in [3.05, 3.63) is 137 Å². The number of esters is 2. The summed E-state index contributed by atoms with van der Waals surface area (Å²) >= 11 is 0. The minimum Gasteiger partial charge on any atom is -0.464 e. The molecule has 0 aliphatic rings. The summed E-state index contributed by atoms with van der Waals surface area (Å²) in [5.74, 6) is 3.61. The van der Waals surface area contributed by atoms with E-state index in [4.69, 9.17) is 38.1 Å². The number of nitrogens with zero attached hydrogens (tertiary/aromatic N) is 6. The van der Waals surface area contributed by atoms with Crippen LogP contribution < -0.4 is 0 Å². The fourth-order valence-corrected chi connectivity index (χ4v) is 7.08. The molecule has 0 aliphatic carbocycles. The van der Waals surface area contributed by atoms with Crippen LogP contribution in [0.4, 0.5) is 28.0 Å². The second-order valence-electron chi connectivity index (χ2n) is 21.6. The summed E-state index contributed by atoms with van der Waals surface area (Å²) in [7, 11) is 2.48.